The van der Waals surface area contributed by atoms with Gasteiger partial charge in [0.25, 0.3) is 0 Å². The summed E-state index contributed by atoms with van der Waals surface area (Å²) in [7, 11) is 0. The Morgan fingerprint density at radius 3 is 1.65 bits per heavy atom. The lowest BCUT2D eigenvalue weighted by molar-refractivity contribution is 0.660. The maximum atomic E-state index is 2.49. The van der Waals surface area contributed by atoms with E-state index in [-0.39, 0.29) is 5.41 Å². The minimum atomic E-state index is -0.103. The summed E-state index contributed by atoms with van der Waals surface area (Å²) in [4.78, 5) is 2.49. The highest BCUT2D eigenvalue weighted by Crippen LogP contribution is 2.52. The van der Waals surface area contributed by atoms with Gasteiger partial charge in [0.2, 0.25) is 0 Å². The zero-order chi connectivity index (χ0) is 43.5. The van der Waals surface area contributed by atoms with Crippen molar-refractivity contribution in [2.75, 3.05) is 4.90 Å². The first-order valence-corrected chi connectivity index (χ1v) is 22.6. The molecule has 1 heterocycles. The summed E-state index contributed by atoms with van der Waals surface area (Å²) < 4.78 is 2.43. The van der Waals surface area contributed by atoms with Crippen LogP contribution in [0.3, 0.4) is 0 Å². The maximum absolute atomic E-state index is 2.49. The fourth-order valence-electron chi connectivity index (χ4n) is 10.6. The van der Waals surface area contributed by atoms with Gasteiger partial charge in [-0.1, -0.05) is 208 Å². The van der Waals surface area contributed by atoms with Crippen molar-refractivity contribution in [3.63, 3.8) is 0 Å². The molecule has 0 aliphatic heterocycles. The van der Waals surface area contributed by atoms with Gasteiger partial charge < -0.3 is 9.47 Å². The van der Waals surface area contributed by atoms with Gasteiger partial charge in [-0.05, 0) is 104 Å². The molecule has 0 bridgehead atoms. The topological polar surface area (TPSA) is 8.17 Å². The predicted octanol–water partition coefficient (Wildman–Crippen LogP) is 17.2. The SMILES string of the molecule is CC1(C)c2ccccc2-c2cc(N(c3cccc(-c4cccc5c6ccccc6n(-c6ccccc6)c45)c3)c3ccccc3-c3ccccc3-c3ccccc3-c3ccccc3)ccc21. The minimum absolute atomic E-state index is 0.103. The van der Waals surface area contributed by atoms with E-state index in [0.717, 1.165) is 33.9 Å². The van der Waals surface area contributed by atoms with Gasteiger partial charge >= 0.3 is 0 Å². The van der Waals surface area contributed by atoms with Crippen LogP contribution in [0.5, 0.6) is 0 Å². The van der Waals surface area contributed by atoms with Crippen molar-refractivity contribution in [2.24, 2.45) is 0 Å². The van der Waals surface area contributed by atoms with Gasteiger partial charge in [0.15, 0.2) is 0 Å². The first kappa shape index (κ1) is 38.5. The lowest BCUT2D eigenvalue weighted by atomic mass is 9.82. The van der Waals surface area contributed by atoms with Crippen LogP contribution in [-0.4, -0.2) is 4.57 Å². The first-order chi connectivity index (χ1) is 32.0. The Morgan fingerprint density at radius 2 is 0.862 bits per heavy atom. The Bertz CT molecular complexity index is 3580. The van der Waals surface area contributed by atoms with Gasteiger partial charge in [-0.2, -0.15) is 0 Å². The average molecular weight is 831 g/mol. The molecule has 1 aliphatic carbocycles. The van der Waals surface area contributed by atoms with Crippen LogP contribution in [0, 0.1) is 0 Å². The molecule has 12 rings (SSSR count). The van der Waals surface area contributed by atoms with Crippen molar-refractivity contribution in [2.45, 2.75) is 19.3 Å². The molecular weight excluding hydrogens is 785 g/mol. The molecule has 2 nitrogen and oxygen atoms in total. The molecule has 0 N–H and O–H groups in total. The van der Waals surface area contributed by atoms with Crippen LogP contribution in [0.2, 0.25) is 0 Å². The van der Waals surface area contributed by atoms with Crippen molar-refractivity contribution in [3.8, 4) is 61.3 Å². The normalized spacial score (nSPS) is 12.6. The van der Waals surface area contributed by atoms with E-state index in [0.29, 0.717) is 0 Å². The van der Waals surface area contributed by atoms with E-state index in [9.17, 15) is 0 Å². The van der Waals surface area contributed by atoms with E-state index in [1.54, 1.807) is 0 Å². The molecule has 0 unspecified atom stereocenters. The van der Waals surface area contributed by atoms with E-state index in [4.69, 9.17) is 0 Å². The summed E-state index contributed by atoms with van der Waals surface area (Å²) in [6.07, 6.45) is 0. The monoisotopic (exact) mass is 830 g/mol. The number of para-hydroxylation sites is 4. The molecule has 0 amide bonds. The number of nitrogens with zero attached hydrogens (tertiary/aromatic N) is 2. The molecular formula is C63H46N2. The highest BCUT2D eigenvalue weighted by molar-refractivity contribution is 6.14. The molecule has 0 radical (unpaired) electrons. The fourth-order valence-corrected chi connectivity index (χ4v) is 10.6. The molecule has 0 spiro atoms. The minimum Gasteiger partial charge on any atom is -0.310 e. The summed E-state index contributed by atoms with van der Waals surface area (Å²) in [6.45, 7) is 4.71. The molecule has 0 saturated heterocycles. The standard InChI is InChI=1S/C63H46N2/c1-63(2)58-36-16-13-31-53(58)57-42-47(39-40-59(57)63)64(60-37-17-14-32-54(60)52-30-12-11-29-51(52)50-28-10-9-27-48(50)43-21-5-3-6-22-43)46-26-19-23-44(41-46)49-34-20-35-56-55-33-15-18-38-61(55)65(62(49)56)45-24-7-4-8-25-45/h3-42H,1-2H3. The summed E-state index contributed by atoms with van der Waals surface area (Å²) >= 11 is 0. The number of hydrogen-bond donors (Lipinski definition) is 0. The Hall–Kier alpha value is -8.20. The molecule has 65 heavy (non-hydrogen) atoms. The number of benzene rings is 10. The van der Waals surface area contributed by atoms with Crippen molar-refractivity contribution in [1.82, 2.24) is 4.57 Å². The van der Waals surface area contributed by atoms with Crippen LogP contribution in [-0.2, 0) is 5.41 Å². The second-order valence-corrected chi connectivity index (χ2v) is 17.7. The lowest BCUT2D eigenvalue weighted by Crippen LogP contribution is -2.15. The van der Waals surface area contributed by atoms with E-state index in [1.807, 2.05) is 0 Å². The fraction of sp³-hybridized carbons (Fsp3) is 0.0476. The second kappa shape index (κ2) is 15.6. The van der Waals surface area contributed by atoms with Crippen molar-refractivity contribution < 1.29 is 0 Å². The molecule has 308 valence electrons. The average Bonchev–Trinajstić information content (AvgIpc) is 3.83. The maximum Gasteiger partial charge on any atom is 0.0619 e. The molecule has 10 aromatic carbocycles. The van der Waals surface area contributed by atoms with Gasteiger partial charge in [-0.25, -0.2) is 0 Å². The van der Waals surface area contributed by atoms with Crippen LogP contribution in [0.15, 0.2) is 243 Å². The zero-order valence-corrected chi connectivity index (χ0v) is 36.5. The lowest BCUT2D eigenvalue weighted by Gasteiger charge is -2.30. The third kappa shape index (κ3) is 6.32. The smallest absolute Gasteiger partial charge is 0.0619 e. The molecule has 1 aromatic heterocycles. The van der Waals surface area contributed by atoms with Crippen LogP contribution >= 0.6 is 0 Å². The Morgan fingerprint density at radius 1 is 0.338 bits per heavy atom. The molecule has 0 atom stereocenters. The van der Waals surface area contributed by atoms with Crippen LogP contribution in [0.25, 0.3) is 83.1 Å². The number of fused-ring (bicyclic) bond motifs is 6. The van der Waals surface area contributed by atoms with Crippen molar-refractivity contribution >= 4 is 38.9 Å². The number of rotatable bonds is 8. The third-order valence-corrected chi connectivity index (χ3v) is 13.6. The molecule has 0 fully saturated rings. The van der Waals surface area contributed by atoms with Crippen LogP contribution in [0.1, 0.15) is 25.0 Å². The van der Waals surface area contributed by atoms with Gasteiger partial charge in [0.1, 0.15) is 0 Å². The third-order valence-electron chi connectivity index (χ3n) is 13.6. The summed E-state index contributed by atoms with van der Waals surface area (Å²) in [6, 6.07) is 88.9. The predicted molar refractivity (Wildman–Crippen MR) is 275 cm³/mol. The molecule has 1 aliphatic rings. The molecule has 2 heteroatoms. The largest absolute Gasteiger partial charge is 0.310 e. The summed E-state index contributed by atoms with van der Waals surface area (Å²) in [5, 5.41) is 2.48. The van der Waals surface area contributed by atoms with Gasteiger partial charge in [0, 0.05) is 44.4 Å². The first-order valence-electron chi connectivity index (χ1n) is 22.6. The van der Waals surface area contributed by atoms with Crippen molar-refractivity contribution in [1.29, 1.82) is 0 Å². The van der Waals surface area contributed by atoms with E-state index in [1.165, 1.54) is 77.4 Å². The van der Waals surface area contributed by atoms with E-state index >= 15 is 0 Å². The summed E-state index contributed by atoms with van der Waals surface area (Å²) in [5.41, 5.74) is 21.5. The highest BCUT2D eigenvalue weighted by atomic mass is 15.1. The van der Waals surface area contributed by atoms with E-state index < -0.39 is 0 Å². The quantitative estimate of drug-likeness (QED) is 0.148. The van der Waals surface area contributed by atoms with Crippen LogP contribution < -0.4 is 4.90 Å². The van der Waals surface area contributed by atoms with Gasteiger partial charge in [-0.3, -0.25) is 0 Å². The number of aromatic nitrogens is 1. The van der Waals surface area contributed by atoms with Gasteiger partial charge in [-0.15, -0.1) is 0 Å². The Balaban J connectivity index is 1.09. The number of anilines is 3. The Kier molecular flexibility index (Phi) is 9.21. The zero-order valence-electron chi connectivity index (χ0n) is 36.5. The molecule has 0 saturated carbocycles. The summed E-state index contributed by atoms with van der Waals surface area (Å²) in [5.74, 6) is 0. The van der Waals surface area contributed by atoms with Crippen LogP contribution in [0.4, 0.5) is 17.1 Å². The van der Waals surface area contributed by atoms with Gasteiger partial charge in [0.05, 0.1) is 16.7 Å². The molecule has 11 aromatic rings. The van der Waals surface area contributed by atoms with E-state index in [2.05, 4.69) is 266 Å². The second-order valence-electron chi connectivity index (χ2n) is 17.7. The van der Waals surface area contributed by atoms with Crippen molar-refractivity contribution in [3.05, 3.63) is 254 Å². The highest BCUT2D eigenvalue weighted by Gasteiger charge is 2.36. The Labute approximate surface area is 381 Å². The number of hydrogen-bond acceptors (Lipinski definition) is 1.